The van der Waals surface area contributed by atoms with Crippen LogP contribution in [0, 0.1) is 50.2 Å². The summed E-state index contributed by atoms with van der Waals surface area (Å²) in [7, 11) is 0. The highest BCUT2D eigenvalue weighted by molar-refractivity contribution is 6.09. The Balaban J connectivity index is 0.658. The van der Waals surface area contributed by atoms with Crippen molar-refractivity contribution in [3.8, 4) is 23.0 Å². The normalized spacial score (nSPS) is 29.4. The lowest BCUT2D eigenvalue weighted by Crippen LogP contribution is -2.64. The standard InChI is InChI=1S/C60H76N16O12/c1-57(2)34(19-42(57)71-47(80)30-8-7-9-33-45(30)53(86)88-60(33)31-12-10-28(77)17-40(31)87-41-18-29(78)11-13-32(41)60)49(82)69-26-15-38(75(23-26)55(64)65)52(85)73-44-21-36(59(44,5)6)50(83)70-27-16-39(76(24-27)56(66)67)51(84)72-43-20-35(58(43,3)4)48(81)68-25-14-37(46(61)79)74(22-25)54(62)63/h7-13,17-18,25-27,34-39,42-44,77-78H,14-16,19-24H2,1-6H3,(H2,61,79)(H3,62,63)(H3,64,65)(H3,66,67)(H,68,81)(H,69,82)(H,70,83)(H,71,80)(H,72,84)(H,73,85)/t25-,26-,27-,34+,35+,36+,37-,38-,39-,42+,43?,44+/m0/s1. The number of nitrogens with zero attached hydrogens (tertiary/aromatic N) is 3. The molecule has 5 heterocycles. The molecule has 28 nitrogen and oxygen atoms in total. The van der Waals surface area contributed by atoms with Crippen LogP contribution in [0.5, 0.6) is 23.0 Å². The van der Waals surface area contributed by atoms with Crippen molar-refractivity contribution in [2.75, 3.05) is 19.6 Å². The molecule has 1 spiro atoms. The van der Waals surface area contributed by atoms with Crippen molar-refractivity contribution in [2.24, 2.45) is 56.9 Å². The largest absolute Gasteiger partial charge is 0.508 e. The number of nitrogens with one attached hydrogen (secondary N) is 9. The van der Waals surface area contributed by atoms with Crippen molar-refractivity contribution in [3.05, 3.63) is 82.4 Å². The fourth-order valence-corrected chi connectivity index (χ4v) is 14.8. The third-order valence-corrected chi connectivity index (χ3v) is 20.5. The zero-order chi connectivity index (χ0) is 63.6. The van der Waals surface area contributed by atoms with Crippen LogP contribution in [-0.4, -0.2) is 164 Å². The van der Waals surface area contributed by atoms with E-state index in [2.05, 4.69) is 31.9 Å². The molecule has 0 aromatic heterocycles. The van der Waals surface area contributed by atoms with Crippen molar-refractivity contribution in [2.45, 2.75) is 140 Å². The van der Waals surface area contributed by atoms with E-state index in [-0.39, 0.29) is 121 Å². The van der Waals surface area contributed by atoms with Gasteiger partial charge in [-0.05, 0) is 85.1 Å². The minimum atomic E-state index is -1.58. The minimum absolute atomic E-state index is 0.0280. The minimum Gasteiger partial charge on any atom is -0.508 e. The molecule has 19 N–H and O–H groups in total. The highest BCUT2D eigenvalue weighted by atomic mass is 16.6. The Kier molecular flexibility index (Phi) is 14.7. The number of carbonyl (C=O) groups is 8. The molecule has 7 amide bonds. The van der Waals surface area contributed by atoms with Gasteiger partial charge in [0.1, 0.15) is 41.1 Å². The molecule has 1 unspecified atom stereocenters. The number of ether oxygens (including phenoxy) is 2. The lowest BCUT2D eigenvalue weighted by molar-refractivity contribution is -0.142. The number of aromatic hydroxyl groups is 2. The summed E-state index contributed by atoms with van der Waals surface area (Å²) in [6, 6.07) is 8.01. The van der Waals surface area contributed by atoms with Crippen molar-refractivity contribution in [3.63, 3.8) is 0 Å². The number of hydrogen-bond acceptors (Lipinski definition) is 15. The molecule has 8 aliphatic rings. The molecule has 11 rings (SSSR count). The lowest BCUT2D eigenvalue weighted by Gasteiger charge is -2.51. The summed E-state index contributed by atoms with van der Waals surface area (Å²) in [5.74, 6) is -6.18. The highest BCUT2D eigenvalue weighted by Gasteiger charge is 2.59. The van der Waals surface area contributed by atoms with Gasteiger partial charge in [0.25, 0.3) is 5.91 Å². The van der Waals surface area contributed by atoms with Gasteiger partial charge in [0, 0.05) is 102 Å². The zero-order valence-electron chi connectivity index (χ0n) is 49.6. The highest BCUT2D eigenvalue weighted by Crippen LogP contribution is 2.58. The van der Waals surface area contributed by atoms with Crippen molar-refractivity contribution >= 4 is 65.2 Å². The molecule has 468 valence electrons. The van der Waals surface area contributed by atoms with Crippen LogP contribution in [0.1, 0.15) is 117 Å². The lowest BCUT2D eigenvalue weighted by atomic mass is 9.58. The maximum Gasteiger partial charge on any atom is 0.340 e. The first-order valence-electron chi connectivity index (χ1n) is 29.5. The van der Waals surface area contributed by atoms with Crippen molar-refractivity contribution in [1.82, 2.24) is 46.6 Å². The van der Waals surface area contributed by atoms with E-state index in [0.29, 0.717) is 23.1 Å². The number of amides is 7. The summed E-state index contributed by atoms with van der Waals surface area (Å²) in [4.78, 5) is 114. The third-order valence-electron chi connectivity index (χ3n) is 20.5. The number of benzene rings is 3. The third kappa shape index (κ3) is 9.97. The van der Waals surface area contributed by atoms with Crippen LogP contribution in [0.15, 0.2) is 54.6 Å². The SMILES string of the molecule is CC1(C)C(NC(=O)[C@@H]2C[C@H](NC(=O)[C@H]3C[C@@H](NC(=O)[C@@H]4C[C@H](NC(=O)[C@H]5C[C@@H](NC(=O)c6cccc7c6C(=O)OC76c7ccc(O)cc7Oc7cc(O)ccc76)C5(C)C)CN4C(=N)N)C3(C)C)CN2C(=N)N)C[C@@H]1C(=O)N[C@H]1C[C@@H](C(N)=O)N(C(=N)N)C1. The molecular weight excluding hydrogens is 1140 g/mol. The number of carbonyl (C=O) groups excluding carboxylic acids is 8. The van der Waals surface area contributed by atoms with Gasteiger partial charge in [0.15, 0.2) is 23.5 Å². The first-order valence-corrected chi connectivity index (χ1v) is 29.5. The van der Waals surface area contributed by atoms with Crippen LogP contribution in [0.25, 0.3) is 0 Å². The summed E-state index contributed by atoms with van der Waals surface area (Å²) in [6.07, 6.45) is 1.33. The molecule has 3 aliphatic carbocycles. The van der Waals surface area contributed by atoms with Crippen LogP contribution < -0.4 is 59.6 Å². The number of likely N-dealkylation sites (tertiary alicyclic amines) is 3. The molecule has 28 heteroatoms. The van der Waals surface area contributed by atoms with Crippen LogP contribution in [0.2, 0.25) is 0 Å². The maximum absolute atomic E-state index is 14.3. The van der Waals surface area contributed by atoms with Gasteiger partial charge in [0.2, 0.25) is 35.4 Å². The van der Waals surface area contributed by atoms with E-state index in [9.17, 15) is 48.6 Å². The van der Waals surface area contributed by atoms with Crippen LogP contribution >= 0.6 is 0 Å². The number of phenolic OH excluding ortho intramolecular Hbond substituents is 2. The van der Waals surface area contributed by atoms with Gasteiger partial charge >= 0.3 is 5.97 Å². The Labute approximate surface area is 506 Å². The van der Waals surface area contributed by atoms with Crippen LogP contribution in [-0.2, 0) is 39.1 Å². The van der Waals surface area contributed by atoms with E-state index >= 15 is 0 Å². The monoisotopic (exact) mass is 1210 g/mol. The Bertz CT molecular complexity index is 3460. The number of hydrogen-bond donors (Lipinski definition) is 15. The number of phenols is 2. The van der Waals surface area contributed by atoms with E-state index in [1.807, 2.05) is 41.5 Å². The van der Waals surface area contributed by atoms with E-state index in [1.54, 1.807) is 24.3 Å². The first kappa shape index (κ1) is 60.3. The number of fused-ring (bicyclic) bond motifs is 6. The van der Waals surface area contributed by atoms with Gasteiger partial charge in [-0.3, -0.25) is 49.8 Å². The average Bonchev–Trinajstić information content (AvgIpc) is 1.47. The molecule has 88 heavy (non-hydrogen) atoms. The molecule has 12 atom stereocenters. The van der Waals surface area contributed by atoms with Gasteiger partial charge < -0.3 is 89.2 Å². The fraction of sp³-hybridized carbons (Fsp3) is 0.517. The maximum atomic E-state index is 14.3. The predicted molar refractivity (Wildman–Crippen MR) is 315 cm³/mol. The Morgan fingerprint density at radius 3 is 1.27 bits per heavy atom. The summed E-state index contributed by atoms with van der Waals surface area (Å²) < 4.78 is 12.3. The molecule has 6 fully saturated rings. The predicted octanol–water partition coefficient (Wildman–Crippen LogP) is -0.285. The first-order chi connectivity index (χ1) is 41.3. The molecule has 3 aromatic rings. The molecule has 0 radical (unpaired) electrons. The van der Waals surface area contributed by atoms with Gasteiger partial charge in [-0.1, -0.05) is 53.7 Å². The topological polar surface area (TPSA) is 453 Å². The molecule has 3 saturated carbocycles. The molecule has 5 aliphatic heterocycles. The smallest absolute Gasteiger partial charge is 0.340 e. The average molecular weight is 1210 g/mol. The van der Waals surface area contributed by atoms with Gasteiger partial charge in [-0.15, -0.1) is 0 Å². The van der Waals surface area contributed by atoms with E-state index in [0.717, 1.165) is 0 Å². The molecule has 3 saturated heterocycles. The summed E-state index contributed by atoms with van der Waals surface area (Å²) in [5, 5.41) is 63.4. The Morgan fingerprint density at radius 1 is 0.511 bits per heavy atom. The number of rotatable bonds is 13. The van der Waals surface area contributed by atoms with E-state index in [4.69, 9.17) is 48.6 Å². The van der Waals surface area contributed by atoms with E-state index in [1.165, 1.54) is 45.0 Å². The molecular formula is C60H76N16O12. The number of esters is 1. The van der Waals surface area contributed by atoms with Gasteiger partial charge in [-0.25, -0.2) is 4.79 Å². The zero-order valence-corrected chi connectivity index (χ0v) is 49.6. The Hall–Kier alpha value is -9.37. The summed E-state index contributed by atoms with van der Waals surface area (Å²) in [6.45, 7) is 11.5. The van der Waals surface area contributed by atoms with Gasteiger partial charge in [0.05, 0.1) is 11.1 Å². The fourth-order valence-electron chi connectivity index (χ4n) is 14.8. The van der Waals surface area contributed by atoms with Gasteiger partial charge in [-0.2, -0.15) is 0 Å². The quantitative estimate of drug-likeness (QED) is 0.0594. The summed E-state index contributed by atoms with van der Waals surface area (Å²) in [5.41, 5.74) is 20.6. The second-order valence-electron chi connectivity index (χ2n) is 26.6. The number of nitrogens with two attached hydrogens (primary N) is 4. The number of guanidine groups is 3. The summed E-state index contributed by atoms with van der Waals surface area (Å²) >= 11 is 0. The second-order valence-corrected chi connectivity index (χ2v) is 26.6. The second kappa shape index (κ2) is 21.5. The van der Waals surface area contributed by atoms with Crippen LogP contribution in [0.3, 0.4) is 0 Å². The van der Waals surface area contributed by atoms with E-state index < -0.39 is 124 Å². The molecule has 0 bridgehead atoms. The molecule has 3 aromatic carbocycles. The number of primary amides is 1. The van der Waals surface area contributed by atoms with Crippen LogP contribution in [0.4, 0.5) is 0 Å². The Morgan fingerprint density at radius 2 is 0.898 bits per heavy atom. The van der Waals surface area contributed by atoms with Crippen molar-refractivity contribution in [1.29, 1.82) is 16.2 Å². The van der Waals surface area contributed by atoms with Crippen molar-refractivity contribution < 1.29 is 58.0 Å².